The van der Waals surface area contributed by atoms with Crippen molar-refractivity contribution in [1.82, 2.24) is 9.97 Å². The van der Waals surface area contributed by atoms with E-state index >= 15 is 0 Å². The molecule has 1 N–H and O–H groups in total. The molecule has 148 valence electrons. The molecule has 0 saturated heterocycles. The maximum absolute atomic E-state index is 12.7. The molecule has 0 unspecified atom stereocenters. The molecule has 0 aliphatic heterocycles. The minimum atomic E-state index is -0.399. The van der Waals surface area contributed by atoms with Crippen molar-refractivity contribution in [2.45, 2.75) is 25.7 Å². The predicted octanol–water partition coefficient (Wildman–Crippen LogP) is 4.78. The Balaban J connectivity index is 1.61. The van der Waals surface area contributed by atoms with Gasteiger partial charge in [-0.3, -0.25) is 4.79 Å². The predicted molar refractivity (Wildman–Crippen MR) is 118 cm³/mol. The van der Waals surface area contributed by atoms with Crippen molar-refractivity contribution in [3.63, 3.8) is 0 Å². The largest absolute Gasteiger partial charge is 0.493 e. The van der Waals surface area contributed by atoms with E-state index in [-0.39, 0.29) is 5.56 Å². The van der Waals surface area contributed by atoms with Crippen LogP contribution in [0.25, 0.3) is 31.6 Å². The lowest BCUT2D eigenvalue weighted by atomic mass is 9.97. The molecule has 29 heavy (non-hydrogen) atoms. The van der Waals surface area contributed by atoms with E-state index in [1.54, 1.807) is 29.5 Å². The Labute approximate surface area is 177 Å². The third kappa shape index (κ3) is 3.21. The van der Waals surface area contributed by atoms with Crippen LogP contribution in [0.15, 0.2) is 26.1 Å². The van der Waals surface area contributed by atoms with Crippen LogP contribution in [0.2, 0.25) is 0 Å². The standard InChI is InChI=1S/C20H15ClN2O4S2/c1-26-12-7-9(8-14-16(12)27-20(25)29-14)6-11(21)17-22-18(24)15-10-4-2-3-5-13(10)28-19(15)23-17/h6-8H,2-5H2,1H3,(H,22,23,24)/b11-6-. The number of hydrogen-bond donors (Lipinski definition) is 1. The van der Waals surface area contributed by atoms with E-state index in [2.05, 4.69) is 9.97 Å². The lowest BCUT2D eigenvalue weighted by Crippen LogP contribution is -2.12. The molecule has 0 saturated carbocycles. The fourth-order valence-electron chi connectivity index (χ4n) is 3.69. The Bertz CT molecular complexity index is 1410. The molecule has 3 aromatic heterocycles. The van der Waals surface area contributed by atoms with Crippen LogP contribution in [-0.4, -0.2) is 17.1 Å². The Hall–Kier alpha value is -2.42. The van der Waals surface area contributed by atoms with Crippen molar-refractivity contribution < 1.29 is 9.15 Å². The second-order valence-electron chi connectivity index (χ2n) is 6.80. The molecule has 3 heterocycles. The number of ether oxygens (including phenoxy) is 1. The number of aromatic nitrogens is 2. The summed E-state index contributed by atoms with van der Waals surface area (Å²) in [4.78, 5) is 33.3. The smallest absolute Gasteiger partial charge is 0.396 e. The normalized spacial score (nSPS) is 14.5. The highest BCUT2D eigenvalue weighted by Crippen LogP contribution is 2.35. The van der Waals surface area contributed by atoms with Crippen molar-refractivity contribution in [3.8, 4) is 5.75 Å². The highest BCUT2D eigenvalue weighted by atomic mass is 35.5. The fraction of sp³-hybridized carbons (Fsp3) is 0.250. The molecule has 1 aromatic carbocycles. The van der Waals surface area contributed by atoms with Gasteiger partial charge in [-0.25, -0.2) is 9.78 Å². The molecule has 0 atom stereocenters. The van der Waals surface area contributed by atoms with Crippen LogP contribution in [0.4, 0.5) is 0 Å². The Morgan fingerprint density at radius 2 is 2.10 bits per heavy atom. The van der Waals surface area contributed by atoms with Gasteiger partial charge in [-0.05, 0) is 55.0 Å². The SMILES string of the molecule is COc1cc(/C=C(\Cl)c2nc3sc4c(c3c(=O)[nH]2)CCCC4)cc2sc(=O)oc12. The molecule has 1 aliphatic carbocycles. The number of benzene rings is 1. The summed E-state index contributed by atoms with van der Waals surface area (Å²) in [5.74, 6) is 0.765. The van der Waals surface area contributed by atoms with E-state index in [1.165, 1.54) is 12.0 Å². The van der Waals surface area contributed by atoms with Crippen LogP contribution in [0, 0.1) is 0 Å². The zero-order valence-corrected chi connectivity index (χ0v) is 17.7. The van der Waals surface area contributed by atoms with Gasteiger partial charge in [0.2, 0.25) is 0 Å². The first-order chi connectivity index (χ1) is 14.0. The van der Waals surface area contributed by atoms with E-state index in [0.29, 0.717) is 37.8 Å². The first-order valence-electron chi connectivity index (χ1n) is 9.07. The summed E-state index contributed by atoms with van der Waals surface area (Å²) in [6.07, 6.45) is 5.87. The number of aromatic amines is 1. The van der Waals surface area contributed by atoms with Crippen LogP contribution in [0.5, 0.6) is 5.75 Å². The Morgan fingerprint density at radius 3 is 2.93 bits per heavy atom. The van der Waals surface area contributed by atoms with E-state index in [0.717, 1.165) is 47.4 Å². The maximum atomic E-state index is 12.7. The van der Waals surface area contributed by atoms with Gasteiger partial charge in [0.05, 0.1) is 22.2 Å². The van der Waals surface area contributed by atoms with Gasteiger partial charge in [0, 0.05) is 4.88 Å². The number of aryl methyl sites for hydroxylation is 2. The monoisotopic (exact) mass is 446 g/mol. The number of thiophene rings is 1. The number of nitrogens with one attached hydrogen (secondary N) is 1. The Kier molecular flexibility index (Phi) is 4.57. The third-order valence-corrected chi connectivity index (χ3v) is 7.23. The molecule has 4 aromatic rings. The summed E-state index contributed by atoms with van der Waals surface area (Å²) < 4.78 is 11.1. The van der Waals surface area contributed by atoms with E-state index < -0.39 is 4.94 Å². The summed E-state index contributed by atoms with van der Waals surface area (Å²) in [6, 6.07) is 3.51. The van der Waals surface area contributed by atoms with Crippen LogP contribution in [0.3, 0.4) is 0 Å². The molecule has 1 aliphatic rings. The van der Waals surface area contributed by atoms with Gasteiger partial charge in [-0.2, -0.15) is 0 Å². The van der Waals surface area contributed by atoms with Crippen LogP contribution in [0.1, 0.15) is 34.7 Å². The fourth-order valence-corrected chi connectivity index (χ4v) is 5.91. The van der Waals surface area contributed by atoms with E-state index in [1.807, 2.05) is 0 Å². The molecule has 0 spiro atoms. The van der Waals surface area contributed by atoms with Gasteiger partial charge in [-0.15, -0.1) is 11.3 Å². The van der Waals surface area contributed by atoms with Crippen LogP contribution >= 0.6 is 34.3 Å². The van der Waals surface area contributed by atoms with Gasteiger partial charge in [0.1, 0.15) is 4.83 Å². The van der Waals surface area contributed by atoms with Gasteiger partial charge >= 0.3 is 4.94 Å². The first-order valence-corrected chi connectivity index (χ1v) is 11.1. The average Bonchev–Trinajstić information content (AvgIpc) is 3.26. The lowest BCUT2D eigenvalue weighted by molar-refractivity contribution is 0.408. The quantitative estimate of drug-likeness (QED) is 0.489. The van der Waals surface area contributed by atoms with E-state index in [4.69, 9.17) is 20.8 Å². The number of fused-ring (bicyclic) bond motifs is 4. The third-order valence-electron chi connectivity index (χ3n) is 4.99. The van der Waals surface area contributed by atoms with Gasteiger partial charge in [0.15, 0.2) is 17.2 Å². The number of H-pyrrole nitrogens is 1. The van der Waals surface area contributed by atoms with E-state index in [9.17, 15) is 9.59 Å². The second kappa shape index (κ2) is 7.12. The summed E-state index contributed by atoms with van der Waals surface area (Å²) in [7, 11) is 1.51. The van der Waals surface area contributed by atoms with Gasteiger partial charge in [0.25, 0.3) is 5.56 Å². The van der Waals surface area contributed by atoms with Crippen molar-refractivity contribution in [3.05, 3.63) is 54.0 Å². The van der Waals surface area contributed by atoms with Gasteiger partial charge < -0.3 is 14.1 Å². The number of nitrogens with zero attached hydrogens (tertiary/aromatic N) is 1. The molecule has 0 bridgehead atoms. The molecule has 9 heteroatoms. The number of halogens is 1. The van der Waals surface area contributed by atoms with Crippen molar-refractivity contribution in [1.29, 1.82) is 0 Å². The zero-order chi connectivity index (χ0) is 20.1. The van der Waals surface area contributed by atoms with Crippen molar-refractivity contribution in [2.75, 3.05) is 7.11 Å². The van der Waals surface area contributed by atoms with Crippen LogP contribution < -0.4 is 15.2 Å². The minimum Gasteiger partial charge on any atom is -0.493 e. The molecular formula is C20H15ClN2O4S2. The number of rotatable bonds is 3. The first kappa shape index (κ1) is 18.6. The maximum Gasteiger partial charge on any atom is 0.396 e. The second-order valence-corrected chi connectivity index (χ2v) is 9.27. The number of hydrogen-bond acceptors (Lipinski definition) is 7. The highest BCUT2D eigenvalue weighted by Gasteiger charge is 2.20. The average molecular weight is 447 g/mol. The molecule has 0 radical (unpaired) electrons. The molecule has 0 fully saturated rings. The van der Waals surface area contributed by atoms with Crippen molar-refractivity contribution in [2.24, 2.45) is 0 Å². The van der Waals surface area contributed by atoms with Crippen LogP contribution in [-0.2, 0) is 12.8 Å². The van der Waals surface area contributed by atoms with Crippen molar-refractivity contribution >= 4 is 65.9 Å². The zero-order valence-electron chi connectivity index (χ0n) is 15.3. The molecular weight excluding hydrogens is 432 g/mol. The summed E-state index contributed by atoms with van der Waals surface area (Å²) in [6.45, 7) is 0. The molecule has 6 nitrogen and oxygen atoms in total. The Morgan fingerprint density at radius 1 is 1.28 bits per heavy atom. The minimum absolute atomic E-state index is 0.156. The number of methoxy groups -OCH3 is 1. The summed E-state index contributed by atoms with van der Waals surface area (Å²) >= 11 is 9.07. The lowest BCUT2D eigenvalue weighted by Gasteiger charge is -2.09. The van der Waals surface area contributed by atoms with Gasteiger partial charge in [-0.1, -0.05) is 22.9 Å². The molecule has 5 rings (SSSR count). The summed E-state index contributed by atoms with van der Waals surface area (Å²) in [5, 5.41) is 0.997. The summed E-state index contributed by atoms with van der Waals surface area (Å²) in [5.41, 5.74) is 2.11. The topological polar surface area (TPSA) is 85.2 Å². The molecule has 0 amide bonds. The highest BCUT2D eigenvalue weighted by molar-refractivity contribution is 7.18.